The van der Waals surface area contributed by atoms with Crippen molar-refractivity contribution in [1.82, 2.24) is 0 Å². The molecule has 1 saturated heterocycles. The van der Waals surface area contributed by atoms with Gasteiger partial charge in [-0.05, 0) is 51.4 Å². The summed E-state index contributed by atoms with van der Waals surface area (Å²) in [5.41, 5.74) is 0. The first-order valence-corrected chi connectivity index (χ1v) is 19.7. The van der Waals surface area contributed by atoms with E-state index >= 15 is 0 Å². The summed E-state index contributed by atoms with van der Waals surface area (Å²) < 4.78 is 10.5. The zero-order chi connectivity index (χ0) is 31.1. The Labute approximate surface area is 271 Å². The minimum atomic E-state index is -0.174. The normalized spacial score (nSPS) is 16.1. The molecule has 1 aliphatic heterocycles. The van der Waals surface area contributed by atoms with E-state index in [0.717, 1.165) is 36.2 Å². The molecule has 0 saturated carbocycles. The molecule has 1 rings (SSSR count). The maximum atomic E-state index is 11.9. The summed E-state index contributed by atoms with van der Waals surface area (Å²) in [4.78, 5) is 23.8. The van der Waals surface area contributed by atoms with Crippen molar-refractivity contribution in [2.45, 2.75) is 204 Å². The van der Waals surface area contributed by atoms with E-state index in [4.69, 9.17) is 9.47 Å². The molecule has 0 aromatic carbocycles. The highest BCUT2D eigenvalue weighted by Gasteiger charge is 2.36. The van der Waals surface area contributed by atoms with E-state index in [2.05, 4.69) is 37.8 Å². The fourth-order valence-corrected chi connectivity index (χ4v) is 6.99. The topological polar surface area (TPSA) is 52.6 Å². The van der Waals surface area contributed by atoms with Gasteiger partial charge < -0.3 is 9.47 Å². The van der Waals surface area contributed by atoms with Crippen molar-refractivity contribution in [3.05, 3.63) is 12.2 Å². The average molecular weight is 623 g/mol. The molecule has 1 fully saturated rings. The number of esters is 2. The third-order valence-electron chi connectivity index (χ3n) is 8.65. The van der Waals surface area contributed by atoms with Crippen molar-refractivity contribution in [2.75, 3.05) is 13.2 Å². The third-order valence-corrected chi connectivity index (χ3v) is 10.2. The smallest absolute Gasteiger partial charge is 0.305 e. The molecule has 2 unspecified atom stereocenters. The van der Waals surface area contributed by atoms with Gasteiger partial charge in [0.15, 0.2) is 0 Å². The lowest BCUT2D eigenvalue weighted by Crippen LogP contribution is -2.13. The second-order valence-electron chi connectivity index (χ2n) is 12.9. The maximum absolute atomic E-state index is 11.9. The molecule has 0 bridgehead atoms. The number of allylic oxidation sites excluding steroid dienone is 2. The van der Waals surface area contributed by atoms with Gasteiger partial charge >= 0.3 is 11.9 Å². The summed E-state index contributed by atoms with van der Waals surface area (Å²) in [6.07, 6.45) is 38.9. The third kappa shape index (κ3) is 28.3. The number of thioether (sulfide) groups is 1. The first kappa shape index (κ1) is 40.1. The molecule has 0 radical (unpaired) electrons. The Morgan fingerprint density at radius 1 is 0.488 bits per heavy atom. The first-order valence-electron chi connectivity index (χ1n) is 18.8. The average Bonchev–Trinajstić information content (AvgIpc) is 3.76. The Hall–Kier alpha value is -0.970. The summed E-state index contributed by atoms with van der Waals surface area (Å²) in [5, 5.41) is 1.88. The van der Waals surface area contributed by atoms with Crippen LogP contribution in [0.5, 0.6) is 0 Å². The van der Waals surface area contributed by atoms with E-state index in [0.29, 0.717) is 12.8 Å². The van der Waals surface area contributed by atoms with E-state index in [1.807, 2.05) is 0 Å². The summed E-state index contributed by atoms with van der Waals surface area (Å²) >= 11 is 2.21. The van der Waals surface area contributed by atoms with E-state index < -0.39 is 0 Å². The molecular formula is C38H70O4S. The van der Waals surface area contributed by atoms with E-state index in [1.54, 1.807) is 0 Å². The number of carbonyl (C=O) groups is 2. The molecule has 252 valence electrons. The highest BCUT2D eigenvalue weighted by atomic mass is 32.2. The lowest BCUT2D eigenvalue weighted by molar-refractivity contribution is -0.152. The molecule has 0 aromatic rings. The molecular weight excluding hydrogens is 552 g/mol. The van der Waals surface area contributed by atoms with Gasteiger partial charge in [0.1, 0.15) is 13.2 Å². The van der Waals surface area contributed by atoms with Gasteiger partial charge in [-0.25, -0.2) is 0 Å². The molecule has 2 atom stereocenters. The lowest BCUT2D eigenvalue weighted by atomic mass is 10.0. The van der Waals surface area contributed by atoms with Crippen molar-refractivity contribution in [1.29, 1.82) is 0 Å². The summed E-state index contributed by atoms with van der Waals surface area (Å²) in [5.74, 6) is -0.341. The Balaban J connectivity index is 1.76. The number of carbonyl (C=O) groups excluding carboxylic acids is 2. The minimum absolute atomic E-state index is 0.166. The fourth-order valence-electron chi connectivity index (χ4n) is 5.75. The van der Waals surface area contributed by atoms with Crippen molar-refractivity contribution < 1.29 is 19.1 Å². The van der Waals surface area contributed by atoms with E-state index in [-0.39, 0.29) is 25.2 Å². The van der Waals surface area contributed by atoms with Crippen LogP contribution in [0.15, 0.2) is 12.2 Å². The van der Waals surface area contributed by atoms with Crippen LogP contribution in [0.2, 0.25) is 0 Å². The second-order valence-corrected chi connectivity index (χ2v) is 14.3. The summed E-state index contributed by atoms with van der Waals surface area (Å²) in [6, 6.07) is 0. The largest absolute Gasteiger partial charge is 0.462 e. The second kappa shape index (κ2) is 31.0. The van der Waals surface area contributed by atoms with Gasteiger partial charge in [0.2, 0.25) is 0 Å². The van der Waals surface area contributed by atoms with Crippen molar-refractivity contribution >= 4 is 23.7 Å². The van der Waals surface area contributed by atoms with Gasteiger partial charge in [0.05, 0.1) is 0 Å². The predicted octanol–water partition coefficient (Wildman–Crippen LogP) is 12.1. The van der Waals surface area contributed by atoms with Crippen LogP contribution in [0.25, 0.3) is 0 Å². The Bertz CT molecular complexity index is 664. The molecule has 0 aromatic heterocycles. The highest BCUT2D eigenvalue weighted by molar-refractivity contribution is 8.07. The fraction of sp³-hybridized carbons (Fsp3) is 0.895. The van der Waals surface area contributed by atoms with Crippen LogP contribution in [-0.4, -0.2) is 35.7 Å². The number of ether oxygens (including phenoxy) is 2. The molecule has 0 spiro atoms. The minimum Gasteiger partial charge on any atom is -0.462 e. The van der Waals surface area contributed by atoms with Gasteiger partial charge in [-0.1, -0.05) is 142 Å². The van der Waals surface area contributed by atoms with Crippen molar-refractivity contribution in [2.24, 2.45) is 0 Å². The standard InChI is InChI=1S/C38H70O4S/c1-3-5-7-9-11-12-13-14-15-16-17-18-19-23-27-31-37(39)41-33-34-42-38(40)32-28-24-20-22-26-30-36-35(43-36)29-25-21-10-8-6-4-2/h14-15,35-36H,3-13,16-34H2,1-2H3/b15-14-. The maximum Gasteiger partial charge on any atom is 0.305 e. The SMILES string of the molecule is CCCCCCCC/C=C\CCCCCCCC(=O)OCCOC(=O)CCCCCCCC1SC1CCCCCCCC. The van der Waals surface area contributed by atoms with Gasteiger partial charge in [0, 0.05) is 23.3 Å². The molecule has 0 aliphatic carbocycles. The van der Waals surface area contributed by atoms with Crippen LogP contribution < -0.4 is 0 Å². The van der Waals surface area contributed by atoms with E-state index in [9.17, 15) is 9.59 Å². The Morgan fingerprint density at radius 2 is 0.837 bits per heavy atom. The van der Waals surface area contributed by atoms with E-state index in [1.165, 1.54) is 141 Å². The van der Waals surface area contributed by atoms with Gasteiger partial charge in [-0.3, -0.25) is 9.59 Å². The number of hydrogen-bond acceptors (Lipinski definition) is 5. The number of hydrogen-bond donors (Lipinski definition) is 0. The van der Waals surface area contributed by atoms with Crippen LogP contribution in [0.1, 0.15) is 194 Å². The molecule has 1 aliphatic rings. The predicted molar refractivity (Wildman–Crippen MR) is 187 cm³/mol. The summed E-state index contributed by atoms with van der Waals surface area (Å²) in [7, 11) is 0. The van der Waals surface area contributed by atoms with Gasteiger partial charge in [0.25, 0.3) is 0 Å². The molecule has 43 heavy (non-hydrogen) atoms. The lowest BCUT2D eigenvalue weighted by Gasteiger charge is -2.07. The van der Waals surface area contributed by atoms with Gasteiger partial charge in [-0.2, -0.15) is 11.8 Å². The van der Waals surface area contributed by atoms with Crippen molar-refractivity contribution in [3.63, 3.8) is 0 Å². The zero-order valence-corrected chi connectivity index (χ0v) is 29.4. The summed E-state index contributed by atoms with van der Waals surface area (Å²) in [6.45, 7) is 4.90. The molecule has 1 heterocycles. The Kier molecular flexibility index (Phi) is 28.9. The molecule has 5 heteroatoms. The number of rotatable bonds is 33. The number of unbranched alkanes of at least 4 members (excludes halogenated alkanes) is 20. The first-order chi connectivity index (χ1) is 21.2. The highest BCUT2D eigenvalue weighted by Crippen LogP contribution is 2.47. The van der Waals surface area contributed by atoms with Gasteiger partial charge in [-0.15, -0.1) is 0 Å². The van der Waals surface area contributed by atoms with Crippen LogP contribution in [0.3, 0.4) is 0 Å². The molecule has 0 N–H and O–H groups in total. The van der Waals surface area contributed by atoms with Crippen molar-refractivity contribution in [3.8, 4) is 0 Å². The zero-order valence-electron chi connectivity index (χ0n) is 28.6. The molecule has 4 nitrogen and oxygen atoms in total. The van der Waals surface area contributed by atoms with Crippen LogP contribution >= 0.6 is 11.8 Å². The van der Waals surface area contributed by atoms with Crippen LogP contribution in [0, 0.1) is 0 Å². The Morgan fingerprint density at radius 3 is 1.26 bits per heavy atom. The van der Waals surface area contributed by atoms with Crippen LogP contribution in [-0.2, 0) is 19.1 Å². The molecule has 0 amide bonds. The monoisotopic (exact) mass is 622 g/mol. The quantitative estimate of drug-likeness (QED) is 0.0315. The van der Waals surface area contributed by atoms with Crippen LogP contribution in [0.4, 0.5) is 0 Å².